The fourth-order valence-electron chi connectivity index (χ4n) is 5.17. The van der Waals surface area contributed by atoms with Crippen molar-refractivity contribution in [2.45, 2.75) is 49.0 Å². The van der Waals surface area contributed by atoms with Gasteiger partial charge in [0.25, 0.3) is 10.0 Å². The summed E-state index contributed by atoms with van der Waals surface area (Å²) in [4.78, 5) is 12.4. The minimum Gasteiger partial charge on any atom is -0.493 e. The number of anilines is 2. The van der Waals surface area contributed by atoms with Gasteiger partial charge in [0, 0.05) is 24.6 Å². The van der Waals surface area contributed by atoms with E-state index in [1.807, 2.05) is 16.9 Å². The molecule has 2 aliphatic rings. The summed E-state index contributed by atoms with van der Waals surface area (Å²) in [5.41, 5.74) is 0.864. The standard InChI is InChI=1S/C28H25F5N2O5S/c1-39-20-10-9-15(11-21(20)40-19-7-2-3-8-19)16-12-22(36)35(14-16)18-6-4-5-17(13-18)34-41(37,38)28-26(32)24(30)23(29)25(31)27(28)33/h4-6,9-11,13,16,19,34H,2-3,7-8,12,14H2,1H3. The van der Waals surface area contributed by atoms with Crippen LogP contribution in [0.15, 0.2) is 47.4 Å². The molecule has 41 heavy (non-hydrogen) atoms. The average molecular weight is 597 g/mol. The summed E-state index contributed by atoms with van der Waals surface area (Å²) < 4.78 is 108. The Morgan fingerprint density at radius 2 is 1.54 bits per heavy atom. The first kappa shape index (κ1) is 28.7. The smallest absolute Gasteiger partial charge is 0.267 e. The fourth-order valence-corrected chi connectivity index (χ4v) is 6.36. The number of nitrogens with one attached hydrogen (secondary N) is 1. The van der Waals surface area contributed by atoms with Crippen molar-refractivity contribution in [3.05, 3.63) is 77.1 Å². The molecule has 7 nitrogen and oxygen atoms in total. The molecule has 3 aromatic rings. The zero-order valence-corrected chi connectivity index (χ0v) is 22.5. The lowest BCUT2D eigenvalue weighted by Gasteiger charge is -2.20. The maximum atomic E-state index is 14.2. The number of amides is 1. The predicted octanol–water partition coefficient (Wildman–Crippen LogP) is 6.03. The highest BCUT2D eigenvalue weighted by atomic mass is 32.2. The number of carbonyl (C=O) groups is 1. The molecule has 0 radical (unpaired) electrons. The normalized spacial score (nSPS) is 17.8. The topological polar surface area (TPSA) is 84.9 Å². The van der Waals surface area contributed by atoms with E-state index >= 15 is 0 Å². The van der Waals surface area contributed by atoms with E-state index in [9.17, 15) is 35.2 Å². The minimum atomic E-state index is -5.24. The molecular weight excluding hydrogens is 571 g/mol. The lowest BCUT2D eigenvalue weighted by Crippen LogP contribution is -2.24. The Hall–Kier alpha value is -3.87. The van der Waals surface area contributed by atoms with Gasteiger partial charge in [-0.2, -0.15) is 0 Å². The van der Waals surface area contributed by atoms with Crippen molar-refractivity contribution in [2.24, 2.45) is 0 Å². The number of hydrogen-bond donors (Lipinski definition) is 1. The van der Waals surface area contributed by atoms with Gasteiger partial charge in [0.05, 0.1) is 18.9 Å². The number of halogens is 5. The number of nitrogens with zero attached hydrogens (tertiary/aromatic N) is 1. The quantitative estimate of drug-likeness (QED) is 0.195. The van der Waals surface area contributed by atoms with Gasteiger partial charge < -0.3 is 14.4 Å². The van der Waals surface area contributed by atoms with Gasteiger partial charge in [-0.25, -0.2) is 30.4 Å². The number of methoxy groups -OCH3 is 1. The van der Waals surface area contributed by atoms with Crippen LogP contribution in [0.3, 0.4) is 0 Å². The molecule has 1 saturated heterocycles. The second-order valence-corrected chi connectivity index (χ2v) is 11.5. The molecule has 1 saturated carbocycles. The van der Waals surface area contributed by atoms with Crippen LogP contribution in [0.2, 0.25) is 0 Å². The number of benzene rings is 3. The lowest BCUT2D eigenvalue weighted by atomic mass is 9.98. The van der Waals surface area contributed by atoms with Crippen molar-refractivity contribution >= 4 is 27.3 Å². The molecule has 13 heteroatoms. The Morgan fingerprint density at radius 3 is 2.20 bits per heavy atom. The van der Waals surface area contributed by atoms with Gasteiger partial charge >= 0.3 is 0 Å². The molecule has 1 aliphatic heterocycles. The SMILES string of the molecule is COc1ccc(C2CC(=O)N(c3cccc(NS(=O)(=O)c4c(F)c(F)c(F)c(F)c4F)c3)C2)cc1OC1CCCC1. The van der Waals surface area contributed by atoms with E-state index in [0.29, 0.717) is 11.5 Å². The van der Waals surface area contributed by atoms with Crippen molar-refractivity contribution in [2.75, 3.05) is 23.3 Å². The second-order valence-electron chi connectivity index (χ2n) is 9.89. The number of ether oxygens (including phenoxy) is 2. The molecule has 218 valence electrons. The first-order chi connectivity index (χ1) is 19.5. The highest BCUT2D eigenvalue weighted by Gasteiger charge is 2.35. The van der Waals surface area contributed by atoms with Crippen molar-refractivity contribution in [3.63, 3.8) is 0 Å². The maximum absolute atomic E-state index is 14.2. The van der Waals surface area contributed by atoms with Gasteiger partial charge in [0.15, 0.2) is 39.7 Å². The fraction of sp³-hybridized carbons (Fsp3) is 0.321. The molecule has 0 aromatic heterocycles. The average Bonchev–Trinajstić information content (AvgIpc) is 3.60. The molecule has 2 fully saturated rings. The molecule has 1 heterocycles. The number of sulfonamides is 1. The van der Waals surface area contributed by atoms with E-state index in [2.05, 4.69) is 0 Å². The first-order valence-electron chi connectivity index (χ1n) is 12.8. The van der Waals surface area contributed by atoms with E-state index in [1.54, 1.807) is 13.2 Å². The zero-order valence-electron chi connectivity index (χ0n) is 21.7. The summed E-state index contributed by atoms with van der Waals surface area (Å²) in [6.45, 7) is 0.238. The van der Waals surface area contributed by atoms with Crippen LogP contribution in [0.4, 0.5) is 33.3 Å². The van der Waals surface area contributed by atoms with Gasteiger partial charge in [0.2, 0.25) is 11.7 Å². The number of rotatable bonds is 8. The van der Waals surface area contributed by atoms with Crippen molar-refractivity contribution in [3.8, 4) is 11.5 Å². The monoisotopic (exact) mass is 596 g/mol. The van der Waals surface area contributed by atoms with Gasteiger partial charge in [-0.15, -0.1) is 0 Å². The third-order valence-corrected chi connectivity index (χ3v) is 8.63. The van der Waals surface area contributed by atoms with E-state index in [1.165, 1.54) is 29.2 Å². The van der Waals surface area contributed by atoms with Crippen LogP contribution in [0.1, 0.15) is 43.6 Å². The lowest BCUT2D eigenvalue weighted by molar-refractivity contribution is -0.117. The van der Waals surface area contributed by atoms with Crippen LogP contribution >= 0.6 is 0 Å². The number of hydrogen-bond acceptors (Lipinski definition) is 5. The minimum absolute atomic E-state index is 0.0947. The maximum Gasteiger partial charge on any atom is 0.267 e. The summed E-state index contributed by atoms with van der Waals surface area (Å²) in [7, 11) is -3.70. The largest absolute Gasteiger partial charge is 0.493 e. The molecule has 1 atom stereocenters. The highest BCUT2D eigenvalue weighted by Crippen LogP contribution is 2.38. The first-order valence-corrected chi connectivity index (χ1v) is 14.3. The summed E-state index contributed by atoms with van der Waals surface area (Å²) >= 11 is 0. The van der Waals surface area contributed by atoms with Crippen LogP contribution in [0.25, 0.3) is 0 Å². The van der Waals surface area contributed by atoms with Gasteiger partial charge in [-0.3, -0.25) is 9.52 Å². The molecule has 1 amide bonds. The molecule has 0 spiro atoms. The van der Waals surface area contributed by atoms with Gasteiger partial charge in [-0.1, -0.05) is 12.1 Å². The van der Waals surface area contributed by atoms with Gasteiger partial charge in [-0.05, 0) is 61.6 Å². The molecule has 1 aliphatic carbocycles. The van der Waals surface area contributed by atoms with E-state index in [4.69, 9.17) is 9.47 Å². The van der Waals surface area contributed by atoms with Crippen molar-refractivity contribution < 1.29 is 44.6 Å². The third kappa shape index (κ3) is 5.54. The Kier molecular flexibility index (Phi) is 7.82. The highest BCUT2D eigenvalue weighted by molar-refractivity contribution is 7.92. The van der Waals surface area contributed by atoms with Crippen LogP contribution in [-0.2, 0) is 14.8 Å². The molecule has 5 rings (SSSR count). The Balaban J connectivity index is 1.37. The predicted molar refractivity (Wildman–Crippen MR) is 139 cm³/mol. The summed E-state index contributed by atoms with van der Waals surface area (Å²) in [5, 5.41) is 0. The Bertz CT molecular complexity index is 1580. The van der Waals surface area contributed by atoms with E-state index < -0.39 is 44.0 Å². The van der Waals surface area contributed by atoms with Gasteiger partial charge in [0.1, 0.15) is 0 Å². The van der Waals surface area contributed by atoms with Crippen LogP contribution in [0.5, 0.6) is 11.5 Å². The second kappa shape index (κ2) is 11.2. The van der Waals surface area contributed by atoms with Crippen molar-refractivity contribution in [1.82, 2.24) is 0 Å². The van der Waals surface area contributed by atoms with Crippen LogP contribution < -0.4 is 19.1 Å². The van der Waals surface area contributed by atoms with E-state index in [0.717, 1.165) is 31.2 Å². The van der Waals surface area contributed by atoms with E-state index in [-0.39, 0.29) is 42.3 Å². The summed E-state index contributed by atoms with van der Waals surface area (Å²) in [5.74, 6) is -11.5. The summed E-state index contributed by atoms with van der Waals surface area (Å²) in [6, 6.07) is 10.8. The van der Waals surface area contributed by atoms with Crippen LogP contribution in [0, 0.1) is 29.1 Å². The third-order valence-electron chi connectivity index (χ3n) is 7.23. The molecule has 3 aromatic carbocycles. The number of carbonyl (C=O) groups excluding carboxylic acids is 1. The molecule has 1 N–H and O–H groups in total. The zero-order chi connectivity index (χ0) is 29.5. The Morgan fingerprint density at radius 1 is 0.878 bits per heavy atom. The molecule has 1 unspecified atom stereocenters. The van der Waals surface area contributed by atoms with Crippen molar-refractivity contribution in [1.29, 1.82) is 0 Å². The Labute approximate surface area is 232 Å². The molecular formula is C28H25F5N2O5S. The van der Waals surface area contributed by atoms with Crippen LogP contribution in [-0.4, -0.2) is 34.1 Å². The molecule has 0 bridgehead atoms. The summed E-state index contributed by atoms with van der Waals surface area (Å²) in [6.07, 6.45) is 4.33.